The Morgan fingerprint density at radius 2 is 1.90 bits per heavy atom. The first kappa shape index (κ1) is 27.7. The summed E-state index contributed by atoms with van der Waals surface area (Å²) in [5, 5.41) is 20.7. The Morgan fingerprint density at radius 3 is 2.66 bits per heavy atom. The normalized spacial score (nSPS) is 13.3. The molecule has 4 N–H and O–H groups in total. The molecule has 1 fully saturated rings. The zero-order valence-electron chi connectivity index (χ0n) is 21.9. The molecule has 5 rings (SSSR count). The van der Waals surface area contributed by atoms with Crippen LogP contribution in [0.3, 0.4) is 0 Å². The quantitative estimate of drug-likeness (QED) is 0.169. The average Bonchev–Trinajstić information content (AvgIpc) is 2.94. The molecule has 13 heteroatoms. The van der Waals surface area contributed by atoms with E-state index in [9.17, 15) is 14.3 Å². The van der Waals surface area contributed by atoms with Crippen LogP contribution in [0.5, 0.6) is 5.75 Å². The number of nitrogens with zero attached hydrogens (tertiary/aromatic N) is 5. The number of carbonyl (C=O) groups excluding carboxylic acids is 1. The maximum atomic E-state index is 14.2. The second-order valence-corrected chi connectivity index (χ2v) is 9.61. The number of halogens is 2. The Morgan fingerprint density at radius 1 is 1.07 bits per heavy atom. The molecule has 2 aromatic heterocycles. The van der Waals surface area contributed by atoms with E-state index in [1.54, 1.807) is 47.5 Å². The lowest BCUT2D eigenvalue weighted by atomic mass is 10.1. The summed E-state index contributed by atoms with van der Waals surface area (Å²) in [7, 11) is 0. The van der Waals surface area contributed by atoms with Crippen molar-refractivity contribution in [3.8, 4) is 5.75 Å². The first-order valence-corrected chi connectivity index (χ1v) is 13.0. The number of benzene rings is 2. The van der Waals surface area contributed by atoms with Crippen LogP contribution in [0, 0.1) is 12.7 Å². The van der Waals surface area contributed by atoms with Crippen molar-refractivity contribution in [1.82, 2.24) is 15.0 Å². The average molecular weight is 577 g/mol. The lowest BCUT2D eigenvalue weighted by Crippen LogP contribution is -2.37. The highest BCUT2D eigenvalue weighted by molar-refractivity contribution is 6.31. The summed E-state index contributed by atoms with van der Waals surface area (Å²) in [5.74, 6) is -0.643. The van der Waals surface area contributed by atoms with Gasteiger partial charge in [0.1, 0.15) is 5.75 Å². The summed E-state index contributed by atoms with van der Waals surface area (Å²) in [4.78, 5) is 27.1. The van der Waals surface area contributed by atoms with E-state index in [0.29, 0.717) is 54.1 Å². The van der Waals surface area contributed by atoms with Crippen molar-refractivity contribution in [1.29, 1.82) is 0 Å². The van der Waals surface area contributed by atoms with Gasteiger partial charge in [-0.3, -0.25) is 9.78 Å². The number of ether oxygens (including phenoxy) is 1. The molecule has 0 aliphatic carbocycles. The van der Waals surface area contributed by atoms with E-state index in [-0.39, 0.29) is 23.1 Å². The van der Waals surface area contributed by atoms with Crippen LogP contribution in [0.2, 0.25) is 5.02 Å². The van der Waals surface area contributed by atoms with Crippen molar-refractivity contribution in [2.75, 3.05) is 47.3 Å². The van der Waals surface area contributed by atoms with E-state index in [4.69, 9.17) is 16.3 Å². The molecule has 1 aliphatic rings. The zero-order valence-corrected chi connectivity index (χ0v) is 22.7. The van der Waals surface area contributed by atoms with E-state index in [2.05, 4.69) is 36.1 Å². The Balaban J connectivity index is 1.20. The van der Waals surface area contributed by atoms with Crippen molar-refractivity contribution in [2.45, 2.75) is 6.92 Å². The summed E-state index contributed by atoms with van der Waals surface area (Å²) in [6, 6.07) is 13.2. The van der Waals surface area contributed by atoms with Gasteiger partial charge in [0.15, 0.2) is 11.6 Å². The van der Waals surface area contributed by atoms with Crippen LogP contribution in [0.25, 0.3) is 0 Å². The number of phenols is 1. The van der Waals surface area contributed by atoms with Gasteiger partial charge in [0.2, 0.25) is 5.95 Å². The van der Waals surface area contributed by atoms with Crippen molar-refractivity contribution >= 4 is 52.6 Å². The fourth-order valence-corrected chi connectivity index (χ4v) is 4.40. The molecule has 0 radical (unpaired) electrons. The standard InChI is InChI=1S/C28H26ClFN8O3/c1-17-8-19(29)12-22(9-17)35-27(40)18-10-23(13-24(39)11-18)34-21-3-2-20(31-14-21)15-33-37-28-32-16-25(30)26(36-28)38-4-6-41-7-5-38/h2-3,8-16,34,39H,4-7H2,1H3,(H,35,40)(H,32,36,37)/b33-15+. The van der Waals surface area contributed by atoms with Crippen LogP contribution in [-0.4, -0.2) is 58.5 Å². The van der Waals surface area contributed by atoms with Crippen molar-refractivity contribution in [3.05, 3.63) is 88.6 Å². The number of pyridine rings is 1. The number of anilines is 5. The molecule has 41 heavy (non-hydrogen) atoms. The minimum absolute atomic E-state index is 0.0787. The number of hydrazone groups is 1. The second-order valence-electron chi connectivity index (χ2n) is 9.17. The Labute approximate surface area is 240 Å². The third kappa shape index (κ3) is 7.44. The first-order valence-electron chi connectivity index (χ1n) is 12.6. The molecule has 0 unspecified atom stereocenters. The van der Waals surface area contributed by atoms with Gasteiger partial charge in [-0.1, -0.05) is 11.6 Å². The number of aryl methyl sites for hydroxylation is 1. The van der Waals surface area contributed by atoms with Crippen molar-refractivity contribution in [2.24, 2.45) is 5.10 Å². The van der Waals surface area contributed by atoms with Gasteiger partial charge < -0.3 is 25.4 Å². The summed E-state index contributed by atoms with van der Waals surface area (Å²) in [6.07, 6.45) is 4.15. The summed E-state index contributed by atoms with van der Waals surface area (Å²) < 4.78 is 19.5. The number of nitrogens with one attached hydrogen (secondary N) is 3. The van der Waals surface area contributed by atoms with E-state index in [1.807, 2.05) is 6.92 Å². The number of aromatic hydroxyl groups is 1. The third-order valence-electron chi connectivity index (χ3n) is 5.95. The van der Waals surface area contributed by atoms with Gasteiger partial charge in [0.05, 0.1) is 43.2 Å². The van der Waals surface area contributed by atoms with Gasteiger partial charge in [0.25, 0.3) is 5.91 Å². The van der Waals surface area contributed by atoms with Gasteiger partial charge in [-0.15, -0.1) is 0 Å². The van der Waals surface area contributed by atoms with Gasteiger partial charge >= 0.3 is 0 Å². The van der Waals surface area contributed by atoms with Crippen molar-refractivity contribution in [3.63, 3.8) is 0 Å². The van der Waals surface area contributed by atoms with Crippen LogP contribution in [-0.2, 0) is 4.74 Å². The Hall–Kier alpha value is -4.81. The highest BCUT2D eigenvalue weighted by atomic mass is 35.5. The summed E-state index contributed by atoms with van der Waals surface area (Å²) in [5.41, 5.74) is 6.06. The lowest BCUT2D eigenvalue weighted by Gasteiger charge is -2.27. The predicted octanol–water partition coefficient (Wildman–Crippen LogP) is 4.96. The third-order valence-corrected chi connectivity index (χ3v) is 6.17. The molecule has 2 aromatic carbocycles. The lowest BCUT2D eigenvalue weighted by molar-refractivity contribution is 0.102. The van der Waals surface area contributed by atoms with Crippen LogP contribution in [0.15, 0.2) is 66.0 Å². The molecule has 0 saturated carbocycles. The van der Waals surface area contributed by atoms with E-state index < -0.39 is 11.7 Å². The Kier molecular flexibility index (Phi) is 8.51. The molecule has 1 amide bonds. The van der Waals surface area contributed by atoms with Gasteiger partial charge in [-0.05, 0) is 55.0 Å². The van der Waals surface area contributed by atoms with Gasteiger partial charge in [0, 0.05) is 41.1 Å². The summed E-state index contributed by atoms with van der Waals surface area (Å²) >= 11 is 6.08. The second kappa shape index (κ2) is 12.6. The minimum Gasteiger partial charge on any atom is -0.508 e. The molecule has 11 nitrogen and oxygen atoms in total. The SMILES string of the molecule is Cc1cc(Cl)cc(NC(=O)c2cc(O)cc(Nc3ccc(/C=N/Nc4ncc(F)c(N5CCOCC5)n4)nc3)c2)c1. The highest BCUT2D eigenvalue weighted by Crippen LogP contribution is 2.25. The van der Waals surface area contributed by atoms with E-state index in [1.165, 1.54) is 18.3 Å². The Bertz CT molecular complexity index is 1560. The monoisotopic (exact) mass is 576 g/mol. The van der Waals surface area contributed by atoms with Gasteiger partial charge in [-0.2, -0.15) is 10.1 Å². The van der Waals surface area contributed by atoms with Crippen LogP contribution >= 0.6 is 11.6 Å². The number of carbonyl (C=O) groups is 1. The zero-order chi connectivity index (χ0) is 28.8. The molecule has 0 bridgehead atoms. The highest BCUT2D eigenvalue weighted by Gasteiger charge is 2.17. The molecular formula is C28H26ClFN8O3. The number of amides is 1. The van der Waals surface area contributed by atoms with E-state index >= 15 is 0 Å². The topological polar surface area (TPSA) is 137 Å². The van der Waals surface area contributed by atoms with Crippen LogP contribution in [0.4, 0.5) is 33.2 Å². The van der Waals surface area contributed by atoms with E-state index in [0.717, 1.165) is 11.8 Å². The number of rotatable bonds is 8. The minimum atomic E-state index is -0.512. The molecule has 1 saturated heterocycles. The number of morpholine rings is 1. The number of aromatic nitrogens is 3. The number of phenolic OH excluding ortho intramolecular Hbond substituents is 1. The fraction of sp³-hybridized carbons (Fsp3) is 0.179. The molecule has 0 atom stereocenters. The molecular weight excluding hydrogens is 551 g/mol. The van der Waals surface area contributed by atoms with Crippen LogP contribution < -0.4 is 21.0 Å². The molecule has 210 valence electrons. The first-order chi connectivity index (χ1) is 19.8. The number of hydrogen-bond donors (Lipinski definition) is 4. The fourth-order valence-electron chi connectivity index (χ4n) is 4.11. The maximum absolute atomic E-state index is 14.2. The molecule has 0 spiro atoms. The summed E-state index contributed by atoms with van der Waals surface area (Å²) in [6.45, 7) is 3.97. The molecule has 1 aliphatic heterocycles. The van der Waals surface area contributed by atoms with Crippen LogP contribution in [0.1, 0.15) is 21.6 Å². The van der Waals surface area contributed by atoms with Gasteiger partial charge in [-0.25, -0.2) is 14.8 Å². The maximum Gasteiger partial charge on any atom is 0.255 e. The predicted molar refractivity (Wildman–Crippen MR) is 156 cm³/mol. The molecule has 4 aromatic rings. The van der Waals surface area contributed by atoms with Crippen molar-refractivity contribution < 1.29 is 19.0 Å². The number of hydrogen-bond acceptors (Lipinski definition) is 10. The smallest absolute Gasteiger partial charge is 0.255 e. The molecule has 3 heterocycles. The largest absolute Gasteiger partial charge is 0.508 e.